The van der Waals surface area contributed by atoms with Crippen molar-refractivity contribution in [1.82, 2.24) is 10.2 Å². The molecule has 156 valence electrons. The number of carbonyl (C=O) groups is 4. The van der Waals surface area contributed by atoms with E-state index in [9.17, 15) is 19.2 Å². The first-order valence-corrected chi connectivity index (χ1v) is 10.4. The molecule has 3 amide bonds. The molecule has 0 unspecified atom stereocenters. The van der Waals surface area contributed by atoms with Crippen LogP contribution in [-0.4, -0.2) is 47.8 Å². The van der Waals surface area contributed by atoms with Crippen LogP contribution < -0.4 is 5.32 Å². The average molecular weight is 400 g/mol. The Morgan fingerprint density at radius 3 is 2.59 bits per heavy atom. The van der Waals surface area contributed by atoms with E-state index in [1.807, 2.05) is 6.92 Å². The number of fused-ring (bicyclic) bond motifs is 1. The minimum atomic E-state index is -0.688. The van der Waals surface area contributed by atoms with Gasteiger partial charge in [-0.25, -0.2) is 4.79 Å². The van der Waals surface area contributed by atoms with Crippen LogP contribution in [0, 0.1) is 5.92 Å². The van der Waals surface area contributed by atoms with E-state index in [0.717, 1.165) is 32.1 Å². The first-order valence-electron chi connectivity index (χ1n) is 10.4. The SMILES string of the molecule is CCCCN1C(=O)c2ccc(C(=O)OCC(=O)N[C@H]3CCCC[C@@H]3C)cc2C1=O. The van der Waals surface area contributed by atoms with Crippen molar-refractivity contribution in [3.05, 3.63) is 34.9 Å². The van der Waals surface area contributed by atoms with E-state index in [1.54, 1.807) is 0 Å². The minimum Gasteiger partial charge on any atom is -0.452 e. The third-order valence-corrected chi connectivity index (χ3v) is 5.73. The van der Waals surface area contributed by atoms with Crippen molar-refractivity contribution in [2.24, 2.45) is 5.92 Å². The van der Waals surface area contributed by atoms with Crippen molar-refractivity contribution in [3.63, 3.8) is 0 Å². The van der Waals surface area contributed by atoms with Crippen molar-refractivity contribution >= 4 is 23.7 Å². The summed E-state index contributed by atoms with van der Waals surface area (Å²) in [5, 5.41) is 2.93. The molecule has 1 fully saturated rings. The molecule has 1 aromatic carbocycles. The Hall–Kier alpha value is -2.70. The molecule has 1 aromatic rings. The lowest BCUT2D eigenvalue weighted by molar-refractivity contribution is -0.125. The second-order valence-corrected chi connectivity index (χ2v) is 7.89. The molecule has 7 heteroatoms. The first-order chi connectivity index (χ1) is 13.9. The predicted octanol–water partition coefficient (Wildman–Crippen LogP) is 2.93. The molecule has 3 rings (SSSR count). The fourth-order valence-corrected chi connectivity index (χ4v) is 3.93. The summed E-state index contributed by atoms with van der Waals surface area (Å²) in [6.45, 7) is 4.09. The minimum absolute atomic E-state index is 0.118. The largest absolute Gasteiger partial charge is 0.452 e. The molecule has 1 aliphatic carbocycles. The normalized spacial score (nSPS) is 21.1. The van der Waals surface area contributed by atoms with Gasteiger partial charge in [0, 0.05) is 12.6 Å². The van der Waals surface area contributed by atoms with Gasteiger partial charge in [-0.3, -0.25) is 19.3 Å². The van der Waals surface area contributed by atoms with Gasteiger partial charge in [0.05, 0.1) is 16.7 Å². The summed E-state index contributed by atoms with van der Waals surface area (Å²) in [7, 11) is 0. The maximum Gasteiger partial charge on any atom is 0.338 e. The highest BCUT2D eigenvalue weighted by Crippen LogP contribution is 2.25. The van der Waals surface area contributed by atoms with E-state index in [4.69, 9.17) is 4.74 Å². The number of unbranched alkanes of at least 4 members (excludes halogenated alkanes) is 1. The molecule has 0 saturated heterocycles. The average Bonchev–Trinajstić information content (AvgIpc) is 2.96. The predicted molar refractivity (Wildman–Crippen MR) is 107 cm³/mol. The number of nitrogens with zero attached hydrogens (tertiary/aromatic N) is 1. The molecule has 0 radical (unpaired) electrons. The topological polar surface area (TPSA) is 92.8 Å². The summed E-state index contributed by atoms with van der Waals surface area (Å²) in [4.78, 5) is 50.5. The third kappa shape index (κ3) is 4.66. The number of amides is 3. The summed E-state index contributed by atoms with van der Waals surface area (Å²) in [5.41, 5.74) is 0.661. The van der Waals surface area contributed by atoms with Crippen molar-refractivity contribution in [1.29, 1.82) is 0 Å². The highest BCUT2D eigenvalue weighted by molar-refractivity contribution is 6.21. The van der Waals surface area contributed by atoms with Crippen LogP contribution in [0.15, 0.2) is 18.2 Å². The molecule has 2 aliphatic rings. The lowest BCUT2D eigenvalue weighted by Crippen LogP contribution is -2.42. The zero-order valence-electron chi connectivity index (χ0n) is 17.0. The molecule has 1 heterocycles. The van der Waals surface area contributed by atoms with E-state index >= 15 is 0 Å². The molecule has 0 bridgehead atoms. The van der Waals surface area contributed by atoms with Gasteiger partial charge in [-0.05, 0) is 43.4 Å². The first kappa shape index (κ1) is 21.0. The number of rotatable bonds is 7. The van der Waals surface area contributed by atoms with Crippen LogP contribution in [-0.2, 0) is 9.53 Å². The molecular formula is C22H28N2O5. The second kappa shape index (κ2) is 9.20. The van der Waals surface area contributed by atoms with Crippen LogP contribution in [0.2, 0.25) is 0 Å². The van der Waals surface area contributed by atoms with Crippen LogP contribution in [0.25, 0.3) is 0 Å². The Bertz CT molecular complexity index is 819. The molecule has 2 atom stereocenters. The number of nitrogens with one attached hydrogen (secondary N) is 1. The third-order valence-electron chi connectivity index (χ3n) is 5.73. The van der Waals surface area contributed by atoms with Crippen LogP contribution in [0.4, 0.5) is 0 Å². The number of ether oxygens (including phenoxy) is 1. The Morgan fingerprint density at radius 1 is 1.14 bits per heavy atom. The van der Waals surface area contributed by atoms with Crippen molar-refractivity contribution in [2.75, 3.05) is 13.2 Å². The fraction of sp³-hybridized carbons (Fsp3) is 0.545. The monoisotopic (exact) mass is 400 g/mol. The van der Waals surface area contributed by atoms with E-state index in [2.05, 4.69) is 12.2 Å². The van der Waals surface area contributed by atoms with E-state index in [-0.39, 0.29) is 35.6 Å². The molecule has 7 nitrogen and oxygen atoms in total. The van der Waals surface area contributed by atoms with E-state index < -0.39 is 11.9 Å². The highest BCUT2D eigenvalue weighted by atomic mass is 16.5. The van der Waals surface area contributed by atoms with Crippen molar-refractivity contribution in [2.45, 2.75) is 58.4 Å². The number of hydrogen-bond donors (Lipinski definition) is 1. The quantitative estimate of drug-likeness (QED) is 0.561. The van der Waals surface area contributed by atoms with E-state index in [1.165, 1.54) is 29.5 Å². The lowest BCUT2D eigenvalue weighted by atomic mass is 9.86. The lowest BCUT2D eigenvalue weighted by Gasteiger charge is -2.29. The van der Waals surface area contributed by atoms with Crippen molar-refractivity contribution < 1.29 is 23.9 Å². The van der Waals surface area contributed by atoms with Gasteiger partial charge in [-0.15, -0.1) is 0 Å². The Morgan fingerprint density at radius 2 is 1.86 bits per heavy atom. The molecular weight excluding hydrogens is 372 g/mol. The Labute approximate surface area is 170 Å². The van der Waals surface area contributed by atoms with Crippen LogP contribution in [0.5, 0.6) is 0 Å². The van der Waals surface area contributed by atoms with Crippen LogP contribution in [0.3, 0.4) is 0 Å². The van der Waals surface area contributed by atoms with Gasteiger partial charge in [0.1, 0.15) is 0 Å². The standard InChI is InChI=1S/C22H28N2O5/c1-3-4-11-24-20(26)16-10-9-15(12-17(16)21(24)27)22(28)29-13-19(25)23-18-8-6-5-7-14(18)2/h9-10,12,14,18H,3-8,11,13H2,1-2H3,(H,23,25)/t14-,18-/m0/s1. The number of hydrogen-bond acceptors (Lipinski definition) is 5. The smallest absolute Gasteiger partial charge is 0.338 e. The molecule has 1 saturated carbocycles. The second-order valence-electron chi connectivity index (χ2n) is 7.89. The van der Waals surface area contributed by atoms with Gasteiger partial charge in [-0.1, -0.05) is 33.1 Å². The van der Waals surface area contributed by atoms with Gasteiger partial charge in [0.25, 0.3) is 17.7 Å². The fourth-order valence-electron chi connectivity index (χ4n) is 3.93. The summed E-state index contributed by atoms with van der Waals surface area (Å²) in [6.07, 6.45) is 5.89. The van der Waals surface area contributed by atoms with Gasteiger partial charge < -0.3 is 10.1 Å². The van der Waals surface area contributed by atoms with Gasteiger partial charge in [0.15, 0.2) is 6.61 Å². The summed E-state index contributed by atoms with van der Waals surface area (Å²) in [6, 6.07) is 4.43. The maximum absolute atomic E-state index is 12.5. The zero-order valence-corrected chi connectivity index (χ0v) is 17.0. The molecule has 0 spiro atoms. The Balaban J connectivity index is 1.58. The number of esters is 1. The number of benzene rings is 1. The van der Waals surface area contributed by atoms with Crippen LogP contribution in [0.1, 0.15) is 83.4 Å². The maximum atomic E-state index is 12.5. The van der Waals surface area contributed by atoms with Gasteiger partial charge >= 0.3 is 5.97 Å². The number of imide groups is 1. The number of carbonyl (C=O) groups excluding carboxylic acids is 4. The molecule has 29 heavy (non-hydrogen) atoms. The van der Waals surface area contributed by atoms with E-state index in [0.29, 0.717) is 18.0 Å². The highest BCUT2D eigenvalue weighted by Gasteiger charge is 2.35. The summed E-state index contributed by atoms with van der Waals surface area (Å²) >= 11 is 0. The van der Waals surface area contributed by atoms with Crippen LogP contribution >= 0.6 is 0 Å². The zero-order chi connectivity index (χ0) is 21.0. The molecule has 1 aliphatic heterocycles. The van der Waals surface area contributed by atoms with Gasteiger partial charge in [0.2, 0.25) is 0 Å². The van der Waals surface area contributed by atoms with Crippen molar-refractivity contribution in [3.8, 4) is 0 Å². The Kier molecular flexibility index (Phi) is 6.67. The summed E-state index contributed by atoms with van der Waals surface area (Å²) in [5.74, 6) is -1.32. The van der Waals surface area contributed by atoms with Gasteiger partial charge in [-0.2, -0.15) is 0 Å². The molecule has 0 aromatic heterocycles. The molecule has 1 N–H and O–H groups in total. The summed E-state index contributed by atoms with van der Waals surface area (Å²) < 4.78 is 5.12.